The fourth-order valence-corrected chi connectivity index (χ4v) is 3.39. The lowest BCUT2D eigenvalue weighted by Gasteiger charge is -2.35. The average Bonchev–Trinajstić information content (AvgIpc) is 2.67. The minimum atomic E-state index is -0.993. The highest BCUT2D eigenvalue weighted by Gasteiger charge is 2.20. The second kappa shape index (κ2) is 12.8. The summed E-state index contributed by atoms with van der Waals surface area (Å²) >= 11 is 0. The van der Waals surface area contributed by atoms with E-state index in [1.807, 2.05) is 0 Å². The van der Waals surface area contributed by atoms with E-state index in [9.17, 15) is 14.7 Å². The van der Waals surface area contributed by atoms with E-state index in [1.165, 1.54) is 0 Å². The van der Waals surface area contributed by atoms with Gasteiger partial charge in [0.2, 0.25) is 5.91 Å². The van der Waals surface area contributed by atoms with Crippen LogP contribution in [0.2, 0.25) is 0 Å². The van der Waals surface area contributed by atoms with Crippen molar-refractivity contribution in [3.05, 3.63) is 29.8 Å². The molecule has 1 amide bonds. The van der Waals surface area contributed by atoms with Gasteiger partial charge in [-0.3, -0.25) is 9.69 Å². The van der Waals surface area contributed by atoms with Crippen molar-refractivity contribution in [1.82, 2.24) is 9.88 Å². The summed E-state index contributed by atoms with van der Waals surface area (Å²) < 4.78 is 0. The molecule has 168 valence electrons. The van der Waals surface area contributed by atoms with Crippen molar-refractivity contribution in [2.75, 3.05) is 42.9 Å². The van der Waals surface area contributed by atoms with Gasteiger partial charge in [0.15, 0.2) is 0 Å². The number of pyridine rings is 1. The molecule has 0 radical (unpaired) electrons. The zero-order valence-electron chi connectivity index (χ0n) is 17.1. The Kier molecular flexibility index (Phi) is 12.0. The Morgan fingerprint density at radius 2 is 1.73 bits per heavy atom. The van der Waals surface area contributed by atoms with Gasteiger partial charge in [-0.25, -0.2) is 9.78 Å². The molecule has 0 aliphatic carbocycles. The van der Waals surface area contributed by atoms with E-state index >= 15 is 0 Å². The number of aromatic carboxylic acids is 1. The number of amides is 1. The molecule has 1 aromatic heterocycles. The van der Waals surface area contributed by atoms with Gasteiger partial charge in [-0.05, 0) is 37.2 Å². The first-order valence-electron chi connectivity index (χ1n) is 9.47. The van der Waals surface area contributed by atoms with Crippen molar-refractivity contribution in [1.29, 1.82) is 0 Å². The maximum Gasteiger partial charge on any atom is 0.336 e. The molecule has 0 bridgehead atoms. The number of piperazine rings is 1. The molecule has 1 saturated heterocycles. The second-order valence-corrected chi connectivity index (χ2v) is 6.80. The monoisotopic (exact) mass is 478 g/mol. The number of nitrogens with zero attached hydrogens (tertiary/aromatic N) is 3. The summed E-state index contributed by atoms with van der Waals surface area (Å²) in [5.74, 6) is -0.408. The molecule has 0 saturated carbocycles. The Balaban J connectivity index is 0.00000280. The van der Waals surface area contributed by atoms with Gasteiger partial charge in [-0.15, -0.1) is 37.2 Å². The van der Waals surface area contributed by atoms with Crippen molar-refractivity contribution in [2.24, 2.45) is 0 Å². The van der Waals surface area contributed by atoms with Gasteiger partial charge in [0.25, 0.3) is 0 Å². The third-order valence-corrected chi connectivity index (χ3v) is 4.87. The van der Waals surface area contributed by atoms with Crippen molar-refractivity contribution >= 4 is 71.5 Å². The van der Waals surface area contributed by atoms with Crippen LogP contribution in [-0.2, 0) is 4.79 Å². The van der Waals surface area contributed by atoms with E-state index in [-0.39, 0.29) is 48.7 Å². The van der Waals surface area contributed by atoms with Crippen molar-refractivity contribution in [3.63, 3.8) is 0 Å². The maximum atomic E-state index is 11.8. The van der Waals surface area contributed by atoms with Crippen molar-refractivity contribution in [3.8, 4) is 0 Å². The highest BCUT2D eigenvalue weighted by Crippen LogP contribution is 2.26. The molecule has 3 rings (SSSR count). The van der Waals surface area contributed by atoms with E-state index in [0.29, 0.717) is 28.8 Å². The number of rotatable bonds is 6. The standard InChI is InChI=1S/C20H26N4O3.3ClH/c1-3-7-23-8-10-24(11-9-23)18-13-16(20(26)27)15-12-14(21-19(25)4-2)5-6-17(15)22-18;;;/h5-6,12-13H,3-4,7-11H2,1-2H3,(H,21,25)(H,26,27);3*1H. The van der Waals surface area contributed by atoms with Crippen LogP contribution >= 0.6 is 37.2 Å². The summed E-state index contributed by atoms with van der Waals surface area (Å²) in [6.45, 7) is 8.62. The van der Waals surface area contributed by atoms with Crippen LogP contribution in [-0.4, -0.2) is 59.6 Å². The number of hydrogen-bond acceptors (Lipinski definition) is 5. The van der Waals surface area contributed by atoms with E-state index < -0.39 is 5.97 Å². The average molecular weight is 480 g/mol. The number of anilines is 2. The van der Waals surface area contributed by atoms with Gasteiger partial charge in [0.1, 0.15) is 5.82 Å². The molecule has 0 unspecified atom stereocenters. The number of carboxylic acids is 1. The Morgan fingerprint density at radius 1 is 1.07 bits per heavy atom. The molecule has 1 aliphatic rings. The van der Waals surface area contributed by atoms with Gasteiger partial charge >= 0.3 is 5.97 Å². The lowest BCUT2D eigenvalue weighted by Crippen LogP contribution is -2.46. The van der Waals surface area contributed by atoms with E-state index in [0.717, 1.165) is 39.1 Å². The number of halogens is 3. The van der Waals surface area contributed by atoms with Gasteiger partial charge in [-0.1, -0.05) is 13.8 Å². The van der Waals surface area contributed by atoms with Crippen molar-refractivity contribution < 1.29 is 14.7 Å². The Morgan fingerprint density at radius 3 is 2.30 bits per heavy atom. The molecule has 1 fully saturated rings. The summed E-state index contributed by atoms with van der Waals surface area (Å²) in [4.78, 5) is 32.7. The highest BCUT2D eigenvalue weighted by molar-refractivity contribution is 6.05. The number of carboxylic acid groups (broad SMARTS) is 1. The second-order valence-electron chi connectivity index (χ2n) is 6.80. The summed E-state index contributed by atoms with van der Waals surface area (Å²) in [7, 11) is 0. The first-order valence-corrected chi connectivity index (χ1v) is 9.47. The molecular formula is C20H29Cl3N4O3. The van der Waals surface area contributed by atoms with Crippen LogP contribution in [0.5, 0.6) is 0 Å². The van der Waals surface area contributed by atoms with E-state index in [1.54, 1.807) is 31.2 Å². The highest BCUT2D eigenvalue weighted by atomic mass is 35.5. The van der Waals surface area contributed by atoms with Crippen LogP contribution in [0, 0.1) is 0 Å². The smallest absolute Gasteiger partial charge is 0.336 e. The summed E-state index contributed by atoms with van der Waals surface area (Å²) in [6.07, 6.45) is 1.50. The number of carbonyl (C=O) groups is 2. The van der Waals surface area contributed by atoms with Gasteiger partial charge in [0, 0.05) is 43.7 Å². The zero-order chi connectivity index (χ0) is 19.4. The molecule has 2 N–H and O–H groups in total. The van der Waals surface area contributed by atoms with Gasteiger partial charge in [-0.2, -0.15) is 0 Å². The Bertz CT molecular complexity index is 859. The van der Waals surface area contributed by atoms with Crippen LogP contribution in [0.1, 0.15) is 37.0 Å². The minimum absolute atomic E-state index is 0. The first kappa shape index (κ1) is 28.2. The topological polar surface area (TPSA) is 85.8 Å². The molecule has 0 spiro atoms. The SMILES string of the molecule is CCCN1CCN(c2cc(C(=O)O)c3cc(NC(=O)CC)ccc3n2)CC1.Cl.Cl.Cl. The minimum Gasteiger partial charge on any atom is -0.478 e. The summed E-state index contributed by atoms with van der Waals surface area (Å²) in [6, 6.07) is 6.86. The number of aromatic nitrogens is 1. The molecule has 10 heteroatoms. The molecule has 7 nitrogen and oxygen atoms in total. The molecule has 2 heterocycles. The molecule has 30 heavy (non-hydrogen) atoms. The third kappa shape index (κ3) is 6.60. The lowest BCUT2D eigenvalue weighted by atomic mass is 10.1. The third-order valence-electron chi connectivity index (χ3n) is 4.87. The quantitative estimate of drug-likeness (QED) is 0.649. The fourth-order valence-electron chi connectivity index (χ4n) is 3.39. The molecule has 1 aromatic carbocycles. The zero-order valence-corrected chi connectivity index (χ0v) is 19.5. The van der Waals surface area contributed by atoms with Gasteiger partial charge in [0.05, 0.1) is 11.1 Å². The van der Waals surface area contributed by atoms with Crippen LogP contribution in [0.4, 0.5) is 11.5 Å². The molecular weight excluding hydrogens is 451 g/mol. The lowest BCUT2D eigenvalue weighted by molar-refractivity contribution is -0.115. The van der Waals surface area contributed by atoms with Crippen LogP contribution in [0.25, 0.3) is 10.9 Å². The van der Waals surface area contributed by atoms with Crippen LogP contribution < -0.4 is 10.2 Å². The number of fused-ring (bicyclic) bond motifs is 1. The molecule has 1 aliphatic heterocycles. The molecule has 0 atom stereocenters. The van der Waals surface area contributed by atoms with Crippen LogP contribution in [0.15, 0.2) is 24.3 Å². The predicted molar refractivity (Wildman–Crippen MR) is 128 cm³/mol. The number of benzene rings is 1. The van der Waals surface area contributed by atoms with Gasteiger partial charge < -0.3 is 15.3 Å². The first-order chi connectivity index (χ1) is 13.0. The fraction of sp³-hybridized carbons (Fsp3) is 0.450. The Labute approximate surface area is 195 Å². The number of carbonyl (C=O) groups excluding carboxylic acids is 1. The largest absolute Gasteiger partial charge is 0.478 e. The molecule has 2 aromatic rings. The predicted octanol–water partition coefficient (Wildman–Crippen LogP) is 4.08. The van der Waals surface area contributed by atoms with Crippen LogP contribution in [0.3, 0.4) is 0 Å². The van der Waals surface area contributed by atoms with E-state index in [2.05, 4.69) is 27.0 Å². The van der Waals surface area contributed by atoms with E-state index in [4.69, 9.17) is 0 Å². The maximum absolute atomic E-state index is 11.8. The normalized spacial score (nSPS) is 13.6. The Hall–Kier alpha value is -1.80. The summed E-state index contributed by atoms with van der Waals surface area (Å²) in [5.41, 5.74) is 1.41. The summed E-state index contributed by atoms with van der Waals surface area (Å²) in [5, 5.41) is 13.0. The number of hydrogen-bond donors (Lipinski definition) is 2. The van der Waals surface area contributed by atoms with Crippen molar-refractivity contribution in [2.45, 2.75) is 26.7 Å². The number of nitrogens with one attached hydrogen (secondary N) is 1.